The summed E-state index contributed by atoms with van der Waals surface area (Å²) in [4.78, 5) is 16.2. The van der Waals surface area contributed by atoms with Crippen LogP contribution in [0, 0.1) is 0 Å². The van der Waals surface area contributed by atoms with Crippen molar-refractivity contribution in [3.05, 3.63) is 54.1 Å². The van der Waals surface area contributed by atoms with Gasteiger partial charge in [0.2, 0.25) is 0 Å². The molecule has 3 aromatic rings. The number of thiazole rings is 1. The van der Waals surface area contributed by atoms with Gasteiger partial charge < -0.3 is 5.32 Å². The summed E-state index contributed by atoms with van der Waals surface area (Å²) in [5.41, 5.74) is 3.52. The van der Waals surface area contributed by atoms with Gasteiger partial charge in [-0.05, 0) is 36.2 Å². The van der Waals surface area contributed by atoms with E-state index in [0.29, 0.717) is 0 Å². The Hall–Kier alpha value is -2.03. The number of hydrogen-bond donors (Lipinski definition) is 1. The normalized spacial score (nSPS) is 16.1. The molecule has 1 aromatic heterocycles. The SMILES string of the molecule is c1ccc2sc(NCCc3ccc(N(C4=NCCS4)C4=NCCS4)cc3)nc2c1. The maximum Gasteiger partial charge on any atom is 0.183 e. The van der Waals surface area contributed by atoms with Gasteiger partial charge in [-0.1, -0.05) is 59.1 Å². The summed E-state index contributed by atoms with van der Waals surface area (Å²) in [5, 5.41) is 6.59. The Morgan fingerprint density at radius 2 is 1.62 bits per heavy atom. The van der Waals surface area contributed by atoms with E-state index in [1.807, 2.05) is 29.6 Å². The molecule has 0 unspecified atom stereocenters. The molecule has 0 atom stereocenters. The van der Waals surface area contributed by atoms with Gasteiger partial charge in [0, 0.05) is 18.1 Å². The highest BCUT2D eigenvalue weighted by Crippen LogP contribution is 2.29. The number of amidine groups is 2. The Bertz CT molecular complexity index is 1000. The monoisotopic (exact) mass is 439 g/mol. The molecule has 0 fully saturated rings. The van der Waals surface area contributed by atoms with Gasteiger partial charge in [0.25, 0.3) is 0 Å². The maximum absolute atomic E-state index is 4.68. The van der Waals surface area contributed by atoms with Gasteiger partial charge in [0.1, 0.15) is 0 Å². The second kappa shape index (κ2) is 8.77. The highest BCUT2D eigenvalue weighted by atomic mass is 32.2. The molecule has 2 aliphatic rings. The lowest BCUT2D eigenvalue weighted by atomic mass is 10.1. The molecule has 29 heavy (non-hydrogen) atoms. The molecular formula is C21H21N5S3. The number of thioether (sulfide) groups is 2. The largest absolute Gasteiger partial charge is 0.361 e. The van der Waals surface area contributed by atoms with Crippen LogP contribution in [0.25, 0.3) is 10.2 Å². The molecular weight excluding hydrogens is 418 g/mol. The summed E-state index contributed by atoms with van der Waals surface area (Å²) in [6, 6.07) is 17.1. The number of benzene rings is 2. The second-order valence-corrected chi connectivity index (χ2v) is 9.85. The van der Waals surface area contributed by atoms with Crippen molar-refractivity contribution in [2.75, 3.05) is 41.4 Å². The lowest BCUT2D eigenvalue weighted by Crippen LogP contribution is -2.31. The van der Waals surface area contributed by atoms with E-state index in [0.717, 1.165) is 64.2 Å². The molecule has 5 rings (SSSR count). The van der Waals surface area contributed by atoms with Crippen LogP contribution in [0.2, 0.25) is 0 Å². The highest BCUT2D eigenvalue weighted by molar-refractivity contribution is 8.16. The van der Waals surface area contributed by atoms with E-state index < -0.39 is 0 Å². The number of aliphatic imine (C=N–C) groups is 2. The van der Waals surface area contributed by atoms with Gasteiger partial charge >= 0.3 is 0 Å². The molecule has 0 radical (unpaired) electrons. The van der Waals surface area contributed by atoms with Crippen molar-refractivity contribution in [2.45, 2.75) is 6.42 Å². The van der Waals surface area contributed by atoms with E-state index in [-0.39, 0.29) is 0 Å². The van der Waals surface area contributed by atoms with E-state index in [4.69, 9.17) is 0 Å². The lowest BCUT2D eigenvalue weighted by molar-refractivity contribution is 1.02. The molecule has 0 aliphatic carbocycles. The molecule has 2 aliphatic heterocycles. The molecule has 3 heterocycles. The van der Waals surface area contributed by atoms with Crippen molar-refractivity contribution >= 4 is 66.2 Å². The molecule has 1 N–H and O–H groups in total. The third-order valence-electron chi connectivity index (χ3n) is 4.70. The first kappa shape index (κ1) is 19.0. The van der Waals surface area contributed by atoms with Gasteiger partial charge in [-0.3, -0.25) is 14.9 Å². The molecule has 148 valence electrons. The third-order valence-corrected chi connectivity index (χ3v) is 7.61. The van der Waals surface area contributed by atoms with Crippen molar-refractivity contribution in [2.24, 2.45) is 9.98 Å². The Morgan fingerprint density at radius 3 is 2.28 bits per heavy atom. The predicted molar refractivity (Wildman–Crippen MR) is 130 cm³/mol. The van der Waals surface area contributed by atoms with Crippen molar-refractivity contribution in [3.63, 3.8) is 0 Å². The third kappa shape index (κ3) is 4.29. The number of nitrogens with zero attached hydrogens (tertiary/aromatic N) is 4. The molecule has 0 bridgehead atoms. The highest BCUT2D eigenvalue weighted by Gasteiger charge is 2.25. The average Bonchev–Trinajstić information content (AvgIpc) is 3.52. The topological polar surface area (TPSA) is 52.9 Å². The fourth-order valence-electron chi connectivity index (χ4n) is 3.29. The Morgan fingerprint density at radius 1 is 0.897 bits per heavy atom. The number of anilines is 2. The van der Waals surface area contributed by atoms with Crippen molar-refractivity contribution in [1.29, 1.82) is 0 Å². The molecule has 8 heteroatoms. The first-order valence-electron chi connectivity index (χ1n) is 9.70. The number of aromatic nitrogens is 1. The minimum absolute atomic E-state index is 0.869. The summed E-state index contributed by atoms with van der Waals surface area (Å²) >= 11 is 5.34. The van der Waals surface area contributed by atoms with Gasteiger partial charge in [0.05, 0.1) is 29.0 Å². The summed E-state index contributed by atoms with van der Waals surface area (Å²) in [6.45, 7) is 2.65. The zero-order valence-electron chi connectivity index (χ0n) is 15.9. The fourth-order valence-corrected chi connectivity index (χ4v) is 5.98. The van der Waals surface area contributed by atoms with Crippen LogP contribution in [0.3, 0.4) is 0 Å². The summed E-state index contributed by atoms with van der Waals surface area (Å²) in [6.07, 6.45) is 0.960. The van der Waals surface area contributed by atoms with Crippen LogP contribution in [0.15, 0.2) is 58.5 Å². The molecule has 0 amide bonds. The van der Waals surface area contributed by atoms with Crippen LogP contribution >= 0.6 is 34.9 Å². The number of para-hydroxylation sites is 1. The minimum Gasteiger partial charge on any atom is -0.361 e. The van der Waals surface area contributed by atoms with Gasteiger partial charge in [0.15, 0.2) is 15.5 Å². The van der Waals surface area contributed by atoms with Crippen LogP contribution in [0.5, 0.6) is 0 Å². The van der Waals surface area contributed by atoms with Crippen molar-refractivity contribution in [3.8, 4) is 0 Å². The van der Waals surface area contributed by atoms with E-state index >= 15 is 0 Å². The standard InChI is InChI=1S/C21H21N5S3/c1-2-4-18-17(3-1)25-19(29-18)22-10-9-15-5-7-16(8-6-15)26(20-23-11-13-27-20)21-24-12-14-28-21/h1-8H,9-14H2,(H,22,25). The zero-order chi connectivity index (χ0) is 19.5. The maximum atomic E-state index is 4.68. The predicted octanol–water partition coefficient (Wildman–Crippen LogP) is 4.96. The second-order valence-electron chi connectivity index (χ2n) is 6.69. The molecule has 5 nitrogen and oxygen atoms in total. The number of nitrogens with one attached hydrogen (secondary N) is 1. The van der Waals surface area contributed by atoms with E-state index in [1.165, 1.54) is 10.3 Å². The molecule has 2 aromatic carbocycles. The van der Waals surface area contributed by atoms with Crippen LogP contribution in [0.1, 0.15) is 5.56 Å². The van der Waals surface area contributed by atoms with Crippen molar-refractivity contribution in [1.82, 2.24) is 4.98 Å². The van der Waals surface area contributed by atoms with E-state index in [9.17, 15) is 0 Å². The Balaban J connectivity index is 1.24. The Kier molecular flexibility index (Phi) is 5.73. The first-order valence-corrected chi connectivity index (χ1v) is 12.5. The van der Waals surface area contributed by atoms with Crippen molar-refractivity contribution < 1.29 is 0 Å². The fraction of sp³-hybridized carbons (Fsp3) is 0.286. The van der Waals surface area contributed by atoms with Crippen LogP contribution in [0.4, 0.5) is 10.8 Å². The average molecular weight is 440 g/mol. The van der Waals surface area contributed by atoms with Crippen LogP contribution in [-0.4, -0.2) is 46.5 Å². The Labute approximate surface area is 182 Å². The van der Waals surface area contributed by atoms with Gasteiger partial charge in [-0.2, -0.15) is 0 Å². The molecule has 0 saturated carbocycles. The number of hydrogen-bond acceptors (Lipinski definition) is 8. The zero-order valence-corrected chi connectivity index (χ0v) is 18.3. The smallest absolute Gasteiger partial charge is 0.183 e. The van der Waals surface area contributed by atoms with E-state index in [2.05, 4.69) is 67.7 Å². The minimum atomic E-state index is 0.869. The quantitative estimate of drug-likeness (QED) is 0.609. The number of rotatable bonds is 5. The van der Waals surface area contributed by atoms with E-state index in [1.54, 1.807) is 11.3 Å². The van der Waals surface area contributed by atoms with Gasteiger partial charge in [-0.15, -0.1) is 0 Å². The first-order chi connectivity index (χ1) is 14.4. The molecule has 0 saturated heterocycles. The summed E-state index contributed by atoms with van der Waals surface area (Å²) in [7, 11) is 0. The lowest BCUT2D eigenvalue weighted by Gasteiger charge is -2.23. The van der Waals surface area contributed by atoms with Crippen LogP contribution in [-0.2, 0) is 6.42 Å². The number of fused-ring (bicyclic) bond motifs is 1. The van der Waals surface area contributed by atoms with Crippen LogP contribution < -0.4 is 10.2 Å². The van der Waals surface area contributed by atoms with Gasteiger partial charge in [-0.25, -0.2) is 4.98 Å². The summed E-state index contributed by atoms with van der Waals surface area (Å²) in [5.74, 6) is 2.11. The molecule has 0 spiro atoms. The summed E-state index contributed by atoms with van der Waals surface area (Å²) < 4.78 is 1.22.